The lowest BCUT2D eigenvalue weighted by atomic mass is 9.98. The highest BCUT2D eigenvalue weighted by Crippen LogP contribution is 2.30. The number of hydrogen-bond donors (Lipinski definition) is 0. The van der Waals surface area contributed by atoms with E-state index in [4.69, 9.17) is 4.74 Å². The van der Waals surface area contributed by atoms with Crippen LogP contribution in [0.15, 0.2) is 54.7 Å². The standard InChI is InChI=1S/C25H29N3O/c1-19-24(11-8-21-5-4-14-26-25(19)21)20-6-9-22(10-7-20)29-23-12-17-28(18-13-23)27-15-2-3-16-27/h4-11,14,23H,2-3,12-13,15-18H2,1H3. The molecule has 0 saturated carbocycles. The maximum Gasteiger partial charge on any atom is 0.119 e. The highest BCUT2D eigenvalue weighted by Gasteiger charge is 2.26. The van der Waals surface area contributed by atoms with Gasteiger partial charge in [0.15, 0.2) is 0 Å². The predicted octanol–water partition coefficient (Wildman–Crippen LogP) is 5.06. The highest BCUT2D eigenvalue weighted by molar-refractivity contribution is 5.88. The molecule has 0 aliphatic carbocycles. The molecule has 150 valence electrons. The lowest BCUT2D eigenvalue weighted by molar-refractivity contribution is -0.0435. The van der Waals surface area contributed by atoms with Crippen molar-refractivity contribution in [3.05, 3.63) is 60.3 Å². The Kier molecular flexibility index (Phi) is 5.21. The van der Waals surface area contributed by atoms with E-state index in [0.717, 1.165) is 37.2 Å². The number of ether oxygens (including phenoxy) is 1. The molecule has 0 radical (unpaired) electrons. The third-order valence-electron chi connectivity index (χ3n) is 6.40. The highest BCUT2D eigenvalue weighted by atomic mass is 16.5. The minimum absolute atomic E-state index is 0.325. The first kappa shape index (κ1) is 18.6. The van der Waals surface area contributed by atoms with Gasteiger partial charge in [0.1, 0.15) is 11.9 Å². The number of hydrazine groups is 1. The van der Waals surface area contributed by atoms with E-state index in [1.54, 1.807) is 0 Å². The Morgan fingerprint density at radius 2 is 1.59 bits per heavy atom. The summed E-state index contributed by atoms with van der Waals surface area (Å²) in [6, 6.07) is 17.0. The number of fused-ring (bicyclic) bond motifs is 1. The first-order valence-electron chi connectivity index (χ1n) is 10.9. The number of aromatic nitrogens is 1. The van der Waals surface area contributed by atoms with Crippen molar-refractivity contribution in [2.45, 2.75) is 38.7 Å². The van der Waals surface area contributed by atoms with Crippen molar-refractivity contribution >= 4 is 10.9 Å². The number of rotatable bonds is 4. The van der Waals surface area contributed by atoms with Crippen molar-refractivity contribution in [3.63, 3.8) is 0 Å². The van der Waals surface area contributed by atoms with E-state index in [1.807, 2.05) is 12.3 Å². The van der Waals surface area contributed by atoms with Crippen LogP contribution in [0.2, 0.25) is 0 Å². The number of piperidine rings is 1. The van der Waals surface area contributed by atoms with Gasteiger partial charge in [-0.1, -0.05) is 30.3 Å². The van der Waals surface area contributed by atoms with Gasteiger partial charge in [-0.25, -0.2) is 10.0 Å². The molecular formula is C25H29N3O. The van der Waals surface area contributed by atoms with Gasteiger partial charge in [0.05, 0.1) is 5.52 Å². The number of aryl methyl sites for hydroxylation is 1. The predicted molar refractivity (Wildman–Crippen MR) is 118 cm³/mol. The third kappa shape index (κ3) is 3.87. The van der Waals surface area contributed by atoms with E-state index in [0.29, 0.717) is 6.10 Å². The molecule has 5 rings (SSSR count). The largest absolute Gasteiger partial charge is 0.490 e. The molecule has 2 aliphatic heterocycles. The number of benzene rings is 2. The lowest BCUT2D eigenvalue weighted by Crippen LogP contribution is -2.47. The van der Waals surface area contributed by atoms with Crippen molar-refractivity contribution in [2.24, 2.45) is 0 Å². The average Bonchev–Trinajstić information content (AvgIpc) is 3.31. The molecule has 0 N–H and O–H groups in total. The molecule has 1 aromatic heterocycles. The van der Waals surface area contributed by atoms with Crippen LogP contribution in [0.5, 0.6) is 5.75 Å². The molecule has 3 heterocycles. The van der Waals surface area contributed by atoms with Crippen molar-refractivity contribution < 1.29 is 4.74 Å². The molecule has 0 spiro atoms. The zero-order valence-electron chi connectivity index (χ0n) is 17.2. The summed E-state index contributed by atoms with van der Waals surface area (Å²) >= 11 is 0. The van der Waals surface area contributed by atoms with E-state index in [-0.39, 0.29) is 0 Å². The minimum atomic E-state index is 0.325. The van der Waals surface area contributed by atoms with Crippen LogP contribution in [0.25, 0.3) is 22.0 Å². The third-order valence-corrected chi connectivity index (χ3v) is 6.40. The zero-order chi connectivity index (χ0) is 19.6. The number of pyridine rings is 1. The van der Waals surface area contributed by atoms with Gasteiger partial charge in [0.2, 0.25) is 0 Å². The summed E-state index contributed by atoms with van der Waals surface area (Å²) in [5.41, 5.74) is 4.76. The Morgan fingerprint density at radius 3 is 2.34 bits per heavy atom. The summed E-state index contributed by atoms with van der Waals surface area (Å²) in [5.74, 6) is 0.977. The van der Waals surface area contributed by atoms with Crippen molar-refractivity contribution in [3.8, 4) is 16.9 Å². The summed E-state index contributed by atoms with van der Waals surface area (Å²) in [7, 11) is 0. The molecule has 4 heteroatoms. The molecular weight excluding hydrogens is 358 g/mol. The quantitative estimate of drug-likeness (QED) is 0.625. The van der Waals surface area contributed by atoms with Gasteiger partial charge >= 0.3 is 0 Å². The van der Waals surface area contributed by atoms with Crippen LogP contribution in [0, 0.1) is 6.92 Å². The summed E-state index contributed by atoms with van der Waals surface area (Å²) < 4.78 is 6.30. The van der Waals surface area contributed by atoms with Crippen LogP contribution in [-0.4, -0.2) is 47.3 Å². The topological polar surface area (TPSA) is 28.6 Å². The van der Waals surface area contributed by atoms with Gasteiger partial charge in [-0.2, -0.15) is 0 Å². The van der Waals surface area contributed by atoms with Gasteiger partial charge in [-0.3, -0.25) is 4.98 Å². The Balaban J connectivity index is 1.25. The maximum absolute atomic E-state index is 6.30. The minimum Gasteiger partial charge on any atom is -0.490 e. The van der Waals surface area contributed by atoms with Crippen LogP contribution >= 0.6 is 0 Å². The fraction of sp³-hybridized carbons (Fsp3) is 0.400. The monoisotopic (exact) mass is 387 g/mol. The normalized spacial score (nSPS) is 19.1. The van der Waals surface area contributed by atoms with Gasteiger partial charge in [-0.05, 0) is 67.5 Å². The molecule has 0 amide bonds. The molecule has 2 aromatic carbocycles. The van der Waals surface area contributed by atoms with Crippen LogP contribution in [0.4, 0.5) is 0 Å². The second kappa shape index (κ2) is 8.13. The van der Waals surface area contributed by atoms with E-state index in [1.165, 1.54) is 48.0 Å². The first-order chi connectivity index (χ1) is 14.3. The second-order valence-electron chi connectivity index (χ2n) is 8.27. The number of hydrogen-bond acceptors (Lipinski definition) is 4. The van der Waals surface area contributed by atoms with E-state index >= 15 is 0 Å². The Bertz CT molecular complexity index is 971. The molecule has 2 saturated heterocycles. The summed E-state index contributed by atoms with van der Waals surface area (Å²) in [4.78, 5) is 4.56. The summed E-state index contributed by atoms with van der Waals surface area (Å²) in [6.45, 7) is 6.86. The summed E-state index contributed by atoms with van der Waals surface area (Å²) in [5, 5.41) is 6.26. The number of nitrogens with zero attached hydrogens (tertiary/aromatic N) is 3. The van der Waals surface area contributed by atoms with Crippen LogP contribution in [0.3, 0.4) is 0 Å². The van der Waals surface area contributed by atoms with E-state index < -0.39 is 0 Å². The van der Waals surface area contributed by atoms with Crippen molar-refractivity contribution in [1.82, 2.24) is 15.0 Å². The smallest absolute Gasteiger partial charge is 0.119 e. The average molecular weight is 388 g/mol. The van der Waals surface area contributed by atoms with Gasteiger partial charge in [0.25, 0.3) is 0 Å². The van der Waals surface area contributed by atoms with Crippen molar-refractivity contribution in [2.75, 3.05) is 26.2 Å². The Hall–Kier alpha value is -2.43. The Labute approximate surface area is 173 Å². The fourth-order valence-electron chi connectivity index (χ4n) is 4.74. The molecule has 2 aliphatic rings. The van der Waals surface area contributed by atoms with Crippen LogP contribution in [-0.2, 0) is 0 Å². The first-order valence-corrected chi connectivity index (χ1v) is 10.9. The van der Waals surface area contributed by atoms with Gasteiger partial charge < -0.3 is 4.74 Å². The fourth-order valence-corrected chi connectivity index (χ4v) is 4.74. The molecule has 4 nitrogen and oxygen atoms in total. The van der Waals surface area contributed by atoms with E-state index in [9.17, 15) is 0 Å². The van der Waals surface area contributed by atoms with Crippen LogP contribution in [0.1, 0.15) is 31.2 Å². The van der Waals surface area contributed by atoms with Gasteiger partial charge in [0, 0.05) is 37.8 Å². The lowest BCUT2D eigenvalue weighted by Gasteiger charge is -2.37. The maximum atomic E-state index is 6.30. The molecule has 0 bridgehead atoms. The molecule has 2 fully saturated rings. The zero-order valence-corrected chi connectivity index (χ0v) is 17.2. The molecule has 0 atom stereocenters. The van der Waals surface area contributed by atoms with Crippen molar-refractivity contribution in [1.29, 1.82) is 0 Å². The van der Waals surface area contributed by atoms with Gasteiger partial charge in [-0.15, -0.1) is 0 Å². The summed E-state index contributed by atoms with van der Waals surface area (Å²) in [6.07, 6.45) is 7.09. The SMILES string of the molecule is Cc1c(-c2ccc(OC3CCN(N4CCCC4)CC3)cc2)ccc2cccnc12. The molecule has 3 aromatic rings. The van der Waals surface area contributed by atoms with Crippen LogP contribution < -0.4 is 4.74 Å². The van der Waals surface area contributed by atoms with E-state index in [2.05, 4.69) is 64.4 Å². The molecule has 29 heavy (non-hydrogen) atoms. The molecule has 0 unspecified atom stereocenters. The second-order valence-corrected chi connectivity index (χ2v) is 8.27. The Morgan fingerprint density at radius 1 is 0.862 bits per heavy atom.